The average Bonchev–Trinajstić information content (AvgIpc) is 2.43. The summed E-state index contributed by atoms with van der Waals surface area (Å²) < 4.78 is 13.1. The number of halogens is 1. The van der Waals surface area contributed by atoms with Gasteiger partial charge in [-0.25, -0.2) is 4.39 Å². The molecule has 19 heavy (non-hydrogen) atoms. The molecule has 1 fully saturated rings. The largest absolute Gasteiger partial charge is 0.309 e. The molecule has 1 aliphatic rings. The Labute approximate surface area is 124 Å². The predicted molar refractivity (Wildman–Crippen MR) is 85.6 cm³/mol. The van der Waals surface area contributed by atoms with Crippen molar-refractivity contribution in [3.8, 4) is 0 Å². The lowest BCUT2D eigenvalue weighted by molar-refractivity contribution is 0.507. The SMILES string of the molecule is CCCNC(c1ccc(F)cc1)C1SCCSC1C. The molecular formula is C15H22FNS2. The highest BCUT2D eigenvalue weighted by Gasteiger charge is 2.30. The molecule has 0 aliphatic carbocycles. The standard InChI is InChI=1S/C15H22FNS2/c1-3-8-17-14(12-4-6-13(16)7-5-12)15-11(2)18-9-10-19-15/h4-7,11,14-15,17H,3,8-10H2,1-2H3. The summed E-state index contributed by atoms with van der Waals surface area (Å²) in [5.74, 6) is 2.30. The molecule has 1 aromatic carbocycles. The number of thioether (sulfide) groups is 2. The van der Waals surface area contributed by atoms with Crippen LogP contribution in [0.4, 0.5) is 4.39 Å². The number of hydrogen-bond acceptors (Lipinski definition) is 3. The van der Waals surface area contributed by atoms with E-state index >= 15 is 0 Å². The van der Waals surface area contributed by atoms with Gasteiger partial charge < -0.3 is 5.32 Å². The molecule has 1 N–H and O–H groups in total. The van der Waals surface area contributed by atoms with Gasteiger partial charge in [0.25, 0.3) is 0 Å². The summed E-state index contributed by atoms with van der Waals surface area (Å²) in [5, 5.41) is 4.85. The zero-order chi connectivity index (χ0) is 13.7. The molecule has 3 unspecified atom stereocenters. The van der Waals surface area contributed by atoms with Crippen LogP contribution in [0, 0.1) is 5.82 Å². The van der Waals surface area contributed by atoms with Crippen LogP contribution >= 0.6 is 23.5 Å². The van der Waals surface area contributed by atoms with Gasteiger partial charge in [-0.05, 0) is 30.7 Å². The van der Waals surface area contributed by atoms with Gasteiger partial charge in [-0.1, -0.05) is 26.0 Å². The molecule has 3 atom stereocenters. The van der Waals surface area contributed by atoms with E-state index in [-0.39, 0.29) is 5.82 Å². The third-order valence-corrected chi connectivity index (χ3v) is 6.60. The molecule has 2 rings (SSSR count). The highest BCUT2D eigenvalue weighted by molar-refractivity contribution is 8.07. The Morgan fingerprint density at radius 3 is 2.58 bits per heavy atom. The van der Waals surface area contributed by atoms with E-state index < -0.39 is 0 Å². The van der Waals surface area contributed by atoms with Crippen LogP contribution in [-0.2, 0) is 0 Å². The first kappa shape index (κ1) is 15.2. The van der Waals surface area contributed by atoms with Gasteiger partial charge in [-0.3, -0.25) is 0 Å². The van der Waals surface area contributed by atoms with E-state index in [1.165, 1.54) is 17.1 Å². The van der Waals surface area contributed by atoms with E-state index in [0.29, 0.717) is 16.5 Å². The Hall–Kier alpha value is -0.190. The van der Waals surface area contributed by atoms with Crippen molar-refractivity contribution >= 4 is 23.5 Å². The van der Waals surface area contributed by atoms with Crippen molar-refractivity contribution in [1.29, 1.82) is 0 Å². The average molecular weight is 299 g/mol. The van der Waals surface area contributed by atoms with Crippen molar-refractivity contribution in [2.75, 3.05) is 18.1 Å². The summed E-state index contributed by atoms with van der Waals surface area (Å²) in [6.45, 7) is 5.50. The Morgan fingerprint density at radius 2 is 1.95 bits per heavy atom. The van der Waals surface area contributed by atoms with Crippen molar-refractivity contribution in [3.63, 3.8) is 0 Å². The minimum absolute atomic E-state index is 0.156. The molecule has 1 saturated heterocycles. The van der Waals surface area contributed by atoms with Gasteiger partial charge in [0.15, 0.2) is 0 Å². The third kappa shape index (κ3) is 4.14. The Bertz CT molecular complexity index is 382. The van der Waals surface area contributed by atoms with E-state index in [1.807, 2.05) is 12.1 Å². The Morgan fingerprint density at radius 1 is 1.26 bits per heavy atom. The summed E-state index contributed by atoms with van der Waals surface area (Å²) in [6.07, 6.45) is 1.12. The lowest BCUT2D eigenvalue weighted by Gasteiger charge is -2.35. The minimum atomic E-state index is -0.156. The number of rotatable bonds is 5. The van der Waals surface area contributed by atoms with Crippen molar-refractivity contribution in [2.24, 2.45) is 0 Å². The second-order valence-electron chi connectivity index (χ2n) is 4.89. The molecule has 0 radical (unpaired) electrons. The normalized spacial score (nSPS) is 25.2. The van der Waals surface area contributed by atoms with Crippen LogP contribution in [-0.4, -0.2) is 28.6 Å². The maximum absolute atomic E-state index is 13.1. The molecule has 1 heterocycles. The van der Waals surface area contributed by atoms with Crippen LogP contribution in [0.1, 0.15) is 31.9 Å². The predicted octanol–water partition coefficient (Wildman–Crippen LogP) is 4.10. The molecule has 1 nitrogen and oxygen atoms in total. The zero-order valence-corrected chi connectivity index (χ0v) is 13.2. The fourth-order valence-electron chi connectivity index (χ4n) is 2.41. The first-order valence-corrected chi connectivity index (χ1v) is 9.04. The van der Waals surface area contributed by atoms with E-state index in [0.717, 1.165) is 13.0 Å². The Kier molecular flexibility index (Phi) is 6.05. The monoisotopic (exact) mass is 299 g/mol. The van der Waals surface area contributed by atoms with Gasteiger partial charge in [0.1, 0.15) is 5.82 Å². The minimum Gasteiger partial charge on any atom is -0.309 e. The highest BCUT2D eigenvalue weighted by Crippen LogP contribution is 2.38. The molecule has 1 aromatic rings. The van der Waals surface area contributed by atoms with E-state index in [1.54, 1.807) is 12.1 Å². The molecule has 106 valence electrons. The van der Waals surface area contributed by atoms with Gasteiger partial charge in [0.2, 0.25) is 0 Å². The summed E-state index contributed by atoms with van der Waals surface area (Å²) >= 11 is 4.10. The number of benzene rings is 1. The second kappa shape index (κ2) is 7.55. The van der Waals surface area contributed by atoms with Gasteiger partial charge in [0, 0.05) is 28.0 Å². The van der Waals surface area contributed by atoms with Crippen molar-refractivity contribution < 1.29 is 4.39 Å². The van der Waals surface area contributed by atoms with E-state index in [9.17, 15) is 4.39 Å². The molecule has 1 aliphatic heterocycles. The molecule has 4 heteroatoms. The highest BCUT2D eigenvalue weighted by atomic mass is 32.2. The fraction of sp³-hybridized carbons (Fsp3) is 0.600. The summed E-state index contributed by atoms with van der Waals surface area (Å²) in [7, 11) is 0. The van der Waals surface area contributed by atoms with Crippen LogP contribution in [0.5, 0.6) is 0 Å². The van der Waals surface area contributed by atoms with Gasteiger partial charge >= 0.3 is 0 Å². The van der Waals surface area contributed by atoms with Crippen LogP contribution in [0.25, 0.3) is 0 Å². The van der Waals surface area contributed by atoms with E-state index in [2.05, 4.69) is 42.7 Å². The zero-order valence-electron chi connectivity index (χ0n) is 11.6. The lowest BCUT2D eigenvalue weighted by Crippen LogP contribution is -2.38. The van der Waals surface area contributed by atoms with Crippen LogP contribution in [0.3, 0.4) is 0 Å². The van der Waals surface area contributed by atoms with Crippen molar-refractivity contribution in [3.05, 3.63) is 35.6 Å². The fourth-order valence-corrected chi connectivity index (χ4v) is 5.36. The van der Waals surface area contributed by atoms with Gasteiger partial charge in [-0.2, -0.15) is 23.5 Å². The van der Waals surface area contributed by atoms with Crippen LogP contribution in [0.15, 0.2) is 24.3 Å². The Balaban J connectivity index is 2.16. The maximum atomic E-state index is 13.1. The summed E-state index contributed by atoms with van der Waals surface area (Å²) in [6, 6.07) is 7.32. The molecule has 0 bridgehead atoms. The third-order valence-electron chi connectivity index (χ3n) is 3.41. The smallest absolute Gasteiger partial charge is 0.123 e. The number of nitrogens with one attached hydrogen (secondary N) is 1. The number of hydrogen-bond donors (Lipinski definition) is 1. The van der Waals surface area contributed by atoms with Crippen molar-refractivity contribution in [1.82, 2.24) is 5.32 Å². The maximum Gasteiger partial charge on any atom is 0.123 e. The van der Waals surface area contributed by atoms with E-state index in [4.69, 9.17) is 0 Å². The van der Waals surface area contributed by atoms with Crippen LogP contribution < -0.4 is 5.32 Å². The topological polar surface area (TPSA) is 12.0 Å². The van der Waals surface area contributed by atoms with Crippen LogP contribution in [0.2, 0.25) is 0 Å². The van der Waals surface area contributed by atoms with Gasteiger partial charge in [0.05, 0.1) is 0 Å². The van der Waals surface area contributed by atoms with Gasteiger partial charge in [-0.15, -0.1) is 0 Å². The first-order valence-electron chi connectivity index (χ1n) is 6.94. The second-order valence-corrected chi connectivity index (χ2v) is 7.67. The molecule has 0 amide bonds. The quantitative estimate of drug-likeness (QED) is 0.879. The summed E-state index contributed by atoms with van der Waals surface area (Å²) in [4.78, 5) is 0. The lowest BCUT2D eigenvalue weighted by atomic mass is 10.0. The summed E-state index contributed by atoms with van der Waals surface area (Å²) in [5.41, 5.74) is 1.21. The molecular weight excluding hydrogens is 277 g/mol. The first-order chi connectivity index (χ1) is 9.22. The molecule has 0 saturated carbocycles. The van der Waals surface area contributed by atoms with Crippen molar-refractivity contribution in [2.45, 2.75) is 36.8 Å². The molecule has 0 aromatic heterocycles. The molecule has 0 spiro atoms.